The van der Waals surface area contributed by atoms with Crippen molar-refractivity contribution in [3.63, 3.8) is 0 Å². The van der Waals surface area contributed by atoms with Crippen molar-refractivity contribution in [2.45, 2.75) is 53.0 Å². The van der Waals surface area contributed by atoms with Crippen LogP contribution < -0.4 is 5.32 Å². The van der Waals surface area contributed by atoms with Gasteiger partial charge in [-0.25, -0.2) is 0 Å². The van der Waals surface area contributed by atoms with Crippen molar-refractivity contribution < 1.29 is 4.92 Å². The first kappa shape index (κ1) is 16.3. The molecule has 0 saturated heterocycles. The number of benzene rings is 1. The molecule has 21 heavy (non-hydrogen) atoms. The van der Waals surface area contributed by atoms with Crippen LogP contribution in [0.5, 0.6) is 0 Å². The standard InChI is InChI=1S/C16H23BrN2O2/c1-15(2)8-12(9-16(3,4)10-15)18-11-5-6-13(17)14(7-11)19(20)21/h5-7,12,18H,8-10H2,1-4H3. The number of nitro groups is 1. The summed E-state index contributed by atoms with van der Waals surface area (Å²) in [6, 6.07) is 5.59. The second-order valence-electron chi connectivity index (χ2n) is 7.68. The Bertz CT molecular complexity index is 539. The van der Waals surface area contributed by atoms with Gasteiger partial charge in [0.25, 0.3) is 5.69 Å². The molecule has 1 fully saturated rings. The predicted molar refractivity (Wildman–Crippen MR) is 89.6 cm³/mol. The number of nitrogens with one attached hydrogen (secondary N) is 1. The fourth-order valence-corrected chi connectivity index (χ4v) is 4.32. The van der Waals surface area contributed by atoms with Gasteiger partial charge in [-0.15, -0.1) is 0 Å². The van der Waals surface area contributed by atoms with E-state index in [2.05, 4.69) is 48.9 Å². The Morgan fingerprint density at radius 2 is 1.81 bits per heavy atom. The van der Waals surface area contributed by atoms with Crippen LogP contribution in [-0.2, 0) is 0 Å². The molecule has 0 bridgehead atoms. The predicted octanol–water partition coefficient (Wildman–Crippen LogP) is 5.37. The van der Waals surface area contributed by atoms with E-state index in [1.54, 1.807) is 12.1 Å². The highest BCUT2D eigenvalue weighted by atomic mass is 79.9. The molecular weight excluding hydrogens is 332 g/mol. The van der Waals surface area contributed by atoms with E-state index in [9.17, 15) is 10.1 Å². The molecule has 0 aliphatic heterocycles. The summed E-state index contributed by atoms with van der Waals surface area (Å²) in [6.45, 7) is 9.19. The van der Waals surface area contributed by atoms with Crippen LogP contribution in [0.25, 0.3) is 0 Å². The third-order valence-corrected chi connectivity index (χ3v) is 4.74. The largest absolute Gasteiger partial charge is 0.382 e. The quantitative estimate of drug-likeness (QED) is 0.585. The molecule has 116 valence electrons. The molecule has 5 heteroatoms. The fraction of sp³-hybridized carbons (Fsp3) is 0.625. The molecule has 2 rings (SSSR count). The van der Waals surface area contributed by atoms with Gasteiger partial charge in [0.1, 0.15) is 0 Å². The zero-order valence-corrected chi connectivity index (χ0v) is 14.7. The summed E-state index contributed by atoms with van der Waals surface area (Å²) < 4.78 is 0.516. The highest BCUT2D eigenvalue weighted by molar-refractivity contribution is 9.10. The molecule has 0 spiro atoms. The Balaban J connectivity index is 2.18. The topological polar surface area (TPSA) is 55.2 Å². The monoisotopic (exact) mass is 354 g/mol. The van der Waals surface area contributed by atoms with Gasteiger partial charge in [-0.2, -0.15) is 0 Å². The summed E-state index contributed by atoms with van der Waals surface area (Å²) in [7, 11) is 0. The second kappa shape index (κ2) is 5.59. The van der Waals surface area contributed by atoms with Crippen molar-refractivity contribution in [1.29, 1.82) is 0 Å². The van der Waals surface area contributed by atoms with Crippen molar-refractivity contribution in [3.8, 4) is 0 Å². The van der Waals surface area contributed by atoms with E-state index >= 15 is 0 Å². The van der Waals surface area contributed by atoms with Gasteiger partial charge in [-0.05, 0) is 58.2 Å². The van der Waals surface area contributed by atoms with Crippen molar-refractivity contribution in [1.82, 2.24) is 0 Å². The third-order valence-electron chi connectivity index (χ3n) is 4.07. The first-order valence-corrected chi connectivity index (χ1v) is 8.08. The first-order chi connectivity index (χ1) is 9.58. The number of nitrogens with zero attached hydrogens (tertiary/aromatic N) is 1. The minimum Gasteiger partial charge on any atom is -0.382 e. The molecule has 0 heterocycles. The summed E-state index contributed by atoms with van der Waals surface area (Å²) in [4.78, 5) is 10.7. The van der Waals surface area contributed by atoms with Crippen LogP contribution in [0.3, 0.4) is 0 Å². The van der Waals surface area contributed by atoms with Gasteiger partial charge in [-0.1, -0.05) is 27.7 Å². The van der Waals surface area contributed by atoms with Gasteiger partial charge in [0.15, 0.2) is 0 Å². The van der Waals surface area contributed by atoms with Crippen molar-refractivity contribution in [2.75, 3.05) is 5.32 Å². The number of rotatable bonds is 3. The molecular formula is C16H23BrN2O2. The van der Waals surface area contributed by atoms with E-state index in [-0.39, 0.29) is 10.6 Å². The summed E-state index contributed by atoms with van der Waals surface area (Å²) >= 11 is 3.22. The number of halogens is 1. The zero-order chi connectivity index (χ0) is 15.8. The lowest BCUT2D eigenvalue weighted by Gasteiger charge is -2.45. The van der Waals surface area contributed by atoms with Crippen LogP contribution in [-0.4, -0.2) is 11.0 Å². The normalized spacial score (nSPS) is 21.0. The van der Waals surface area contributed by atoms with Crippen LogP contribution in [0.4, 0.5) is 11.4 Å². The summed E-state index contributed by atoms with van der Waals surface area (Å²) in [6.07, 6.45) is 3.37. The SMILES string of the molecule is CC1(C)CC(Nc2ccc(Br)c([N+](=O)[O-])c2)CC(C)(C)C1. The van der Waals surface area contributed by atoms with Crippen LogP contribution in [0, 0.1) is 20.9 Å². The lowest BCUT2D eigenvalue weighted by molar-refractivity contribution is -0.385. The number of hydrogen-bond acceptors (Lipinski definition) is 3. The molecule has 4 nitrogen and oxygen atoms in total. The molecule has 1 aromatic carbocycles. The van der Waals surface area contributed by atoms with E-state index < -0.39 is 0 Å². The van der Waals surface area contributed by atoms with Gasteiger partial charge in [0.05, 0.1) is 9.40 Å². The van der Waals surface area contributed by atoms with Crippen LogP contribution in [0.2, 0.25) is 0 Å². The van der Waals surface area contributed by atoms with Crippen LogP contribution >= 0.6 is 15.9 Å². The Kier molecular flexibility index (Phi) is 4.34. The average molecular weight is 355 g/mol. The van der Waals surface area contributed by atoms with Crippen molar-refractivity contribution in [3.05, 3.63) is 32.8 Å². The van der Waals surface area contributed by atoms with E-state index in [0.29, 0.717) is 21.3 Å². The molecule has 1 saturated carbocycles. The van der Waals surface area contributed by atoms with E-state index in [1.807, 2.05) is 6.07 Å². The maximum absolute atomic E-state index is 11.0. The van der Waals surface area contributed by atoms with Crippen LogP contribution in [0.1, 0.15) is 47.0 Å². The molecule has 1 N–H and O–H groups in total. The minimum absolute atomic E-state index is 0.106. The third kappa shape index (κ3) is 4.19. The highest BCUT2D eigenvalue weighted by Gasteiger charge is 2.38. The smallest absolute Gasteiger partial charge is 0.285 e. The van der Waals surface area contributed by atoms with E-state index in [4.69, 9.17) is 0 Å². The lowest BCUT2D eigenvalue weighted by atomic mass is 9.63. The molecule has 1 aliphatic carbocycles. The number of nitro benzene ring substituents is 1. The number of anilines is 1. The molecule has 0 amide bonds. The molecule has 0 unspecified atom stereocenters. The Morgan fingerprint density at radius 1 is 1.24 bits per heavy atom. The van der Waals surface area contributed by atoms with Crippen molar-refractivity contribution >= 4 is 27.3 Å². The van der Waals surface area contributed by atoms with Gasteiger partial charge >= 0.3 is 0 Å². The summed E-state index contributed by atoms with van der Waals surface area (Å²) in [5.41, 5.74) is 1.51. The average Bonchev–Trinajstić information content (AvgIpc) is 2.27. The molecule has 0 aromatic heterocycles. The van der Waals surface area contributed by atoms with E-state index in [1.165, 1.54) is 6.42 Å². The Hall–Kier alpha value is -1.10. The van der Waals surface area contributed by atoms with Crippen molar-refractivity contribution in [2.24, 2.45) is 10.8 Å². The zero-order valence-electron chi connectivity index (χ0n) is 13.1. The molecule has 1 aromatic rings. The number of hydrogen-bond donors (Lipinski definition) is 1. The molecule has 0 atom stereocenters. The second-order valence-corrected chi connectivity index (χ2v) is 8.53. The maximum atomic E-state index is 11.0. The van der Waals surface area contributed by atoms with E-state index in [0.717, 1.165) is 18.5 Å². The summed E-state index contributed by atoms with van der Waals surface area (Å²) in [5, 5.41) is 14.5. The first-order valence-electron chi connectivity index (χ1n) is 7.29. The molecule has 0 radical (unpaired) electrons. The Morgan fingerprint density at radius 3 is 2.33 bits per heavy atom. The Labute approximate surface area is 134 Å². The summed E-state index contributed by atoms with van der Waals surface area (Å²) in [5.74, 6) is 0. The fourth-order valence-electron chi connectivity index (χ4n) is 3.93. The van der Waals surface area contributed by atoms with Crippen LogP contribution in [0.15, 0.2) is 22.7 Å². The maximum Gasteiger partial charge on any atom is 0.285 e. The minimum atomic E-state index is -0.357. The molecule has 1 aliphatic rings. The van der Waals surface area contributed by atoms with Gasteiger partial charge in [0, 0.05) is 17.8 Å². The van der Waals surface area contributed by atoms with Gasteiger partial charge in [-0.3, -0.25) is 10.1 Å². The van der Waals surface area contributed by atoms with Gasteiger partial charge < -0.3 is 5.32 Å². The van der Waals surface area contributed by atoms with Gasteiger partial charge in [0.2, 0.25) is 0 Å². The lowest BCUT2D eigenvalue weighted by Crippen LogP contribution is -2.40. The highest BCUT2D eigenvalue weighted by Crippen LogP contribution is 2.46.